The standard InChI is InChI=1S/C16H24N2O3/c1-17(2)14-5-3-4-13(12-14)16(20)18-8-6-15(7-9-18)21-11-10-19/h3-5,12,15,19H,6-11H2,1-2H3. The first-order chi connectivity index (χ1) is 10.1. The van der Waals surface area contributed by atoms with Gasteiger partial charge in [-0.25, -0.2) is 0 Å². The maximum Gasteiger partial charge on any atom is 0.253 e. The van der Waals surface area contributed by atoms with Crippen LogP contribution in [0.3, 0.4) is 0 Å². The summed E-state index contributed by atoms with van der Waals surface area (Å²) in [6.45, 7) is 1.85. The van der Waals surface area contributed by atoms with E-state index in [2.05, 4.69) is 0 Å². The largest absolute Gasteiger partial charge is 0.394 e. The molecule has 5 nitrogen and oxygen atoms in total. The predicted molar refractivity (Wildman–Crippen MR) is 82.7 cm³/mol. The molecule has 1 amide bonds. The van der Waals surface area contributed by atoms with E-state index in [-0.39, 0.29) is 18.6 Å². The van der Waals surface area contributed by atoms with Gasteiger partial charge in [-0.05, 0) is 31.0 Å². The highest BCUT2D eigenvalue weighted by Gasteiger charge is 2.24. The van der Waals surface area contributed by atoms with Gasteiger partial charge in [0.05, 0.1) is 19.3 Å². The van der Waals surface area contributed by atoms with E-state index < -0.39 is 0 Å². The number of likely N-dealkylation sites (tertiary alicyclic amines) is 1. The van der Waals surface area contributed by atoms with Crippen LogP contribution in [0.1, 0.15) is 23.2 Å². The molecule has 0 unspecified atom stereocenters. The van der Waals surface area contributed by atoms with Crippen molar-refractivity contribution in [3.63, 3.8) is 0 Å². The molecular weight excluding hydrogens is 268 g/mol. The number of ether oxygens (including phenoxy) is 1. The van der Waals surface area contributed by atoms with E-state index in [0.717, 1.165) is 24.1 Å². The lowest BCUT2D eigenvalue weighted by Gasteiger charge is -2.32. The Morgan fingerprint density at radius 2 is 2.10 bits per heavy atom. The number of carbonyl (C=O) groups excluding carboxylic acids is 1. The van der Waals surface area contributed by atoms with Gasteiger partial charge in [0.1, 0.15) is 0 Å². The number of anilines is 1. The van der Waals surface area contributed by atoms with E-state index in [1.807, 2.05) is 48.2 Å². The summed E-state index contributed by atoms with van der Waals surface area (Å²) in [6.07, 6.45) is 1.83. The second kappa shape index (κ2) is 7.43. The van der Waals surface area contributed by atoms with Crippen molar-refractivity contribution in [2.45, 2.75) is 18.9 Å². The molecule has 1 saturated heterocycles. The second-order valence-corrected chi connectivity index (χ2v) is 5.53. The van der Waals surface area contributed by atoms with Crippen LogP contribution in [-0.2, 0) is 4.74 Å². The molecule has 0 radical (unpaired) electrons. The van der Waals surface area contributed by atoms with Crippen molar-refractivity contribution >= 4 is 11.6 Å². The third kappa shape index (κ3) is 4.19. The molecular formula is C16H24N2O3. The summed E-state index contributed by atoms with van der Waals surface area (Å²) in [5.74, 6) is 0.0827. The molecule has 5 heteroatoms. The molecule has 0 atom stereocenters. The molecule has 21 heavy (non-hydrogen) atoms. The number of benzene rings is 1. The Morgan fingerprint density at radius 1 is 1.38 bits per heavy atom. The lowest BCUT2D eigenvalue weighted by molar-refractivity contribution is -0.00554. The number of hydrogen-bond donors (Lipinski definition) is 1. The Labute approximate surface area is 126 Å². The van der Waals surface area contributed by atoms with Crippen molar-refractivity contribution in [3.05, 3.63) is 29.8 Å². The fraction of sp³-hybridized carbons (Fsp3) is 0.562. The van der Waals surface area contributed by atoms with E-state index in [4.69, 9.17) is 9.84 Å². The molecule has 0 bridgehead atoms. The van der Waals surface area contributed by atoms with Gasteiger partial charge < -0.3 is 19.6 Å². The van der Waals surface area contributed by atoms with Crippen LogP contribution in [0.5, 0.6) is 0 Å². The van der Waals surface area contributed by atoms with Gasteiger partial charge in [-0.2, -0.15) is 0 Å². The van der Waals surface area contributed by atoms with Crippen molar-refractivity contribution in [1.29, 1.82) is 0 Å². The average molecular weight is 292 g/mol. The third-order valence-corrected chi connectivity index (χ3v) is 3.78. The summed E-state index contributed by atoms with van der Waals surface area (Å²) in [5, 5.41) is 8.76. The minimum Gasteiger partial charge on any atom is -0.394 e. The van der Waals surface area contributed by atoms with Gasteiger partial charge in [-0.1, -0.05) is 6.07 Å². The average Bonchev–Trinajstić information content (AvgIpc) is 2.53. The van der Waals surface area contributed by atoms with Crippen LogP contribution < -0.4 is 4.90 Å². The molecule has 1 N–H and O–H groups in total. The van der Waals surface area contributed by atoms with E-state index in [1.54, 1.807) is 0 Å². The maximum absolute atomic E-state index is 12.5. The van der Waals surface area contributed by atoms with E-state index in [1.165, 1.54) is 0 Å². The number of piperidine rings is 1. The van der Waals surface area contributed by atoms with Crippen LogP contribution in [-0.4, -0.2) is 62.4 Å². The molecule has 1 aromatic rings. The van der Waals surface area contributed by atoms with E-state index in [0.29, 0.717) is 19.7 Å². The van der Waals surface area contributed by atoms with Crippen LogP contribution in [0.15, 0.2) is 24.3 Å². The zero-order valence-electron chi connectivity index (χ0n) is 12.8. The van der Waals surface area contributed by atoms with Gasteiger partial charge >= 0.3 is 0 Å². The number of nitrogens with zero attached hydrogens (tertiary/aromatic N) is 2. The van der Waals surface area contributed by atoms with Gasteiger partial charge in [0, 0.05) is 38.4 Å². The van der Waals surface area contributed by atoms with Gasteiger partial charge in [-0.3, -0.25) is 4.79 Å². The van der Waals surface area contributed by atoms with Crippen LogP contribution in [0.2, 0.25) is 0 Å². The van der Waals surface area contributed by atoms with Crippen molar-refractivity contribution in [2.75, 3.05) is 45.3 Å². The highest BCUT2D eigenvalue weighted by molar-refractivity contribution is 5.95. The van der Waals surface area contributed by atoms with Gasteiger partial charge in [0.2, 0.25) is 0 Å². The number of aliphatic hydroxyl groups is 1. The number of rotatable bonds is 5. The fourth-order valence-electron chi connectivity index (χ4n) is 2.54. The molecule has 0 aliphatic carbocycles. The minimum atomic E-state index is 0.0521. The molecule has 1 aliphatic rings. The van der Waals surface area contributed by atoms with Crippen LogP contribution in [0, 0.1) is 0 Å². The van der Waals surface area contributed by atoms with E-state index >= 15 is 0 Å². The molecule has 1 aliphatic heterocycles. The molecule has 0 saturated carbocycles. The van der Waals surface area contributed by atoms with E-state index in [9.17, 15) is 4.79 Å². The summed E-state index contributed by atoms with van der Waals surface area (Å²) in [6, 6.07) is 7.70. The fourth-order valence-corrected chi connectivity index (χ4v) is 2.54. The van der Waals surface area contributed by atoms with Gasteiger partial charge in [0.25, 0.3) is 5.91 Å². The second-order valence-electron chi connectivity index (χ2n) is 5.53. The number of amides is 1. The first-order valence-electron chi connectivity index (χ1n) is 7.41. The summed E-state index contributed by atoms with van der Waals surface area (Å²) in [7, 11) is 3.93. The summed E-state index contributed by atoms with van der Waals surface area (Å²) < 4.78 is 5.52. The van der Waals surface area contributed by atoms with Crippen LogP contribution in [0.25, 0.3) is 0 Å². The van der Waals surface area contributed by atoms with Crippen molar-refractivity contribution in [3.8, 4) is 0 Å². The monoisotopic (exact) mass is 292 g/mol. The summed E-state index contributed by atoms with van der Waals surface area (Å²) in [4.78, 5) is 16.4. The van der Waals surface area contributed by atoms with Gasteiger partial charge in [0.15, 0.2) is 0 Å². The Balaban J connectivity index is 1.94. The first-order valence-corrected chi connectivity index (χ1v) is 7.41. The summed E-state index contributed by atoms with van der Waals surface area (Å²) >= 11 is 0. The number of aliphatic hydroxyl groups excluding tert-OH is 1. The molecule has 1 fully saturated rings. The zero-order chi connectivity index (χ0) is 15.2. The van der Waals surface area contributed by atoms with Crippen molar-refractivity contribution in [2.24, 2.45) is 0 Å². The Kier molecular flexibility index (Phi) is 5.59. The maximum atomic E-state index is 12.5. The van der Waals surface area contributed by atoms with Crippen LogP contribution in [0.4, 0.5) is 5.69 Å². The quantitative estimate of drug-likeness (QED) is 0.890. The first kappa shape index (κ1) is 15.8. The highest BCUT2D eigenvalue weighted by Crippen LogP contribution is 2.19. The molecule has 1 heterocycles. The van der Waals surface area contributed by atoms with Crippen LogP contribution >= 0.6 is 0 Å². The highest BCUT2D eigenvalue weighted by atomic mass is 16.5. The lowest BCUT2D eigenvalue weighted by Crippen LogP contribution is -2.41. The molecule has 1 aromatic carbocycles. The third-order valence-electron chi connectivity index (χ3n) is 3.78. The normalized spacial score (nSPS) is 16.0. The number of hydrogen-bond acceptors (Lipinski definition) is 4. The van der Waals surface area contributed by atoms with Crippen molar-refractivity contribution in [1.82, 2.24) is 4.90 Å². The SMILES string of the molecule is CN(C)c1cccc(C(=O)N2CCC(OCCO)CC2)c1. The topological polar surface area (TPSA) is 53.0 Å². The number of carbonyl (C=O) groups is 1. The minimum absolute atomic E-state index is 0.0521. The zero-order valence-corrected chi connectivity index (χ0v) is 12.8. The predicted octanol–water partition coefficient (Wildman–Crippen LogP) is 1.37. The van der Waals surface area contributed by atoms with Crippen molar-refractivity contribution < 1.29 is 14.6 Å². The Bertz CT molecular complexity index is 468. The molecule has 0 spiro atoms. The molecule has 116 valence electrons. The Morgan fingerprint density at radius 3 is 2.71 bits per heavy atom. The lowest BCUT2D eigenvalue weighted by atomic mass is 10.1. The Hall–Kier alpha value is -1.59. The summed E-state index contributed by atoms with van der Waals surface area (Å²) in [5.41, 5.74) is 1.76. The molecule has 0 aromatic heterocycles. The van der Waals surface area contributed by atoms with Gasteiger partial charge in [-0.15, -0.1) is 0 Å². The molecule has 2 rings (SSSR count). The smallest absolute Gasteiger partial charge is 0.253 e.